The first-order valence-electron chi connectivity index (χ1n) is 8.29. The summed E-state index contributed by atoms with van der Waals surface area (Å²) in [5, 5.41) is 3.81. The molecule has 1 aliphatic heterocycles. The van der Waals surface area contributed by atoms with Crippen molar-refractivity contribution in [3.05, 3.63) is 29.8 Å². The van der Waals surface area contributed by atoms with Gasteiger partial charge in [0, 0.05) is 24.3 Å². The van der Waals surface area contributed by atoms with Crippen LogP contribution in [0.15, 0.2) is 24.3 Å². The number of nitrogens with zero attached hydrogens (tertiary/aromatic N) is 1. The van der Waals surface area contributed by atoms with Crippen molar-refractivity contribution in [3.8, 4) is 0 Å². The number of benzene rings is 1. The number of nitrogens with one attached hydrogen (secondary N) is 1. The molecule has 0 aliphatic carbocycles. The number of aryl methyl sites for hydroxylation is 1. The first-order valence-corrected chi connectivity index (χ1v) is 8.29. The summed E-state index contributed by atoms with van der Waals surface area (Å²) in [7, 11) is 0. The molecule has 1 aromatic carbocycles. The van der Waals surface area contributed by atoms with Crippen LogP contribution in [0.5, 0.6) is 0 Å². The molecule has 1 fully saturated rings. The highest BCUT2D eigenvalue weighted by Crippen LogP contribution is 2.22. The van der Waals surface area contributed by atoms with Crippen LogP contribution in [0.25, 0.3) is 0 Å². The van der Waals surface area contributed by atoms with E-state index in [4.69, 9.17) is 0 Å². The van der Waals surface area contributed by atoms with Crippen LogP contribution in [0.3, 0.4) is 0 Å². The highest BCUT2D eigenvalue weighted by Gasteiger charge is 2.18. The summed E-state index contributed by atoms with van der Waals surface area (Å²) in [6.45, 7) is 9.36. The van der Waals surface area contributed by atoms with Crippen molar-refractivity contribution >= 4 is 5.69 Å². The van der Waals surface area contributed by atoms with Gasteiger partial charge in [0.05, 0.1) is 0 Å². The maximum atomic E-state index is 3.81. The Bertz CT molecular complexity index is 400. The SMILES string of the molecule is CCCc1ccccc1NC1CCCN(C(C)C)CC1. The predicted molar refractivity (Wildman–Crippen MR) is 88.4 cm³/mol. The number of likely N-dealkylation sites (tertiary alicyclic amines) is 1. The summed E-state index contributed by atoms with van der Waals surface area (Å²) in [5.41, 5.74) is 2.83. The lowest BCUT2D eigenvalue weighted by Gasteiger charge is -2.24. The van der Waals surface area contributed by atoms with Crippen LogP contribution < -0.4 is 5.32 Å². The van der Waals surface area contributed by atoms with Gasteiger partial charge < -0.3 is 10.2 Å². The lowest BCUT2D eigenvalue weighted by molar-refractivity contribution is 0.230. The Morgan fingerprint density at radius 1 is 1.20 bits per heavy atom. The van der Waals surface area contributed by atoms with E-state index in [0.717, 1.165) is 0 Å². The molecule has 1 aliphatic rings. The molecule has 1 saturated heterocycles. The summed E-state index contributed by atoms with van der Waals surface area (Å²) in [5.74, 6) is 0. The van der Waals surface area contributed by atoms with E-state index in [2.05, 4.69) is 55.3 Å². The van der Waals surface area contributed by atoms with Crippen LogP contribution in [0.4, 0.5) is 5.69 Å². The number of para-hydroxylation sites is 1. The molecule has 112 valence electrons. The predicted octanol–water partition coefficient (Wildman–Crippen LogP) is 4.31. The van der Waals surface area contributed by atoms with Gasteiger partial charge in [-0.2, -0.15) is 0 Å². The van der Waals surface area contributed by atoms with E-state index < -0.39 is 0 Å². The van der Waals surface area contributed by atoms with Crippen LogP contribution in [0, 0.1) is 0 Å². The van der Waals surface area contributed by atoms with Gasteiger partial charge in [0.1, 0.15) is 0 Å². The van der Waals surface area contributed by atoms with Crippen LogP contribution in [0.2, 0.25) is 0 Å². The summed E-state index contributed by atoms with van der Waals surface area (Å²) < 4.78 is 0. The van der Waals surface area contributed by atoms with Crippen molar-refractivity contribution in [2.24, 2.45) is 0 Å². The lowest BCUT2D eigenvalue weighted by Crippen LogP contribution is -2.32. The van der Waals surface area contributed by atoms with E-state index in [-0.39, 0.29) is 0 Å². The number of rotatable bonds is 5. The van der Waals surface area contributed by atoms with Crippen molar-refractivity contribution in [3.63, 3.8) is 0 Å². The molecule has 1 unspecified atom stereocenters. The van der Waals surface area contributed by atoms with Gasteiger partial charge in [-0.15, -0.1) is 0 Å². The highest BCUT2D eigenvalue weighted by atomic mass is 15.1. The minimum atomic E-state index is 0.636. The van der Waals surface area contributed by atoms with Gasteiger partial charge >= 0.3 is 0 Å². The quantitative estimate of drug-likeness (QED) is 0.860. The Kier molecular flexibility index (Phi) is 5.90. The maximum absolute atomic E-state index is 3.81. The van der Waals surface area contributed by atoms with Gasteiger partial charge in [0.2, 0.25) is 0 Å². The normalized spacial score (nSPS) is 20.9. The summed E-state index contributed by atoms with van der Waals surface area (Å²) >= 11 is 0. The molecule has 0 aromatic heterocycles. The van der Waals surface area contributed by atoms with Gasteiger partial charge in [-0.1, -0.05) is 31.5 Å². The van der Waals surface area contributed by atoms with Gasteiger partial charge in [-0.3, -0.25) is 0 Å². The molecule has 2 heteroatoms. The molecule has 0 saturated carbocycles. The average Bonchev–Trinajstić information content (AvgIpc) is 2.67. The zero-order valence-electron chi connectivity index (χ0n) is 13.4. The Morgan fingerprint density at radius 3 is 2.75 bits per heavy atom. The topological polar surface area (TPSA) is 15.3 Å². The second-order valence-corrected chi connectivity index (χ2v) is 6.31. The largest absolute Gasteiger partial charge is 0.382 e. The molecule has 2 rings (SSSR count). The summed E-state index contributed by atoms with van der Waals surface area (Å²) in [6, 6.07) is 10.1. The Balaban J connectivity index is 1.96. The third kappa shape index (κ3) is 4.24. The van der Waals surface area contributed by atoms with Crippen molar-refractivity contribution in [1.29, 1.82) is 0 Å². The Morgan fingerprint density at radius 2 is 2.00 bits per heavy atom. The summed E-state index contributed by atoms with van der Waals surface area (Å²) in [6.07, 6.45) is 6.26. The van der Waals surface area contributed by atoms with Gasteiger partial charge in [0.25, 0.3) is 0 Å². The van der Waals surface area contributed by atoms with Crippen LogP contribution in [-0.4, -0.2) is 30.1 Å². The summed E-state index contributed by atoms with van der Waals surface area (Å²) in [4.78, 5) is 2.61. The van der Waals surface area contributed by atoms with Gasteiger partial charge in [0.15, 0.2) is 0 Å². The number of anilines is 1. The van der Waals surface area contributed by atoms with E-state index in [1.807, 2.05) is 0 Å². The minimum Gasteiger partial charge on any atom is -0.382 e. The van der Waals surface area contributed by atoms with E-state index in [9.17, 15) is 0 Å². The standard InChI is InChI=1S/C18H30N2/c1-4-8-16-9-5-6-11-18(16)19-17-10-7-13-20(14-12-17)15(2)3/h5-6,9,11,15,17,19H,4,7-8,10,12-14H2,1-3H3. The molecular weight excluding hydrogens is 244 g/mol. The molecule has 1 aromatic rings. The fraction of sp³-hybridized carbons (Fsp3) is 0.667. The molecule has 0 spiro atoms. The van der Waals surface area contributed by atoms with Crippen LogP contribution in [0.1, 0.15) is 52.0 Å². The lowest BCUT2D eigenvalue weighted by atomic mass is 10.0. The molecule has 1 heterocycles. The molecule has 20 heavy (non-hydrogen) atoms. The Labute approximate surface area is 124 Å². The van der Waals surface area contributed by atoms with Crippen LogP contribution >= 0.6 is 0 Å². The Hall–Kier alpha value is -1.02. The second kappa shape index (κ2) is 7.68. The van der Waals surface area contributed by atoms with Crippen molar-refractivity contribution in [1.82, 2.24) is 4.90 Å². The molecule has 0 radical (unpaired) electrons. The van der Waals surface area contributed by atoms with Crippen molar-refractivity contribution < 1.29 is 0 Å². The molecule has 0 bridgehead atoms. The van der Waals surface area contributed by atoms with Crippen molar-refractivity contribution in [2.45, 2.75) is 65.0 Å². The molecule has 0 amide bonds. The third-order valence-corrected chi connectivity index (χ3v) is 4.39. The molecule has 1 atom stereocenters. The zero-order chi connectivity index (χ0) is 14.4. The van der Waals surface area contributed by atoms with Crippen molar-refractivity contribution in [2.75, 3.05) is 18.4 Å². The first-order chi connectivity index (χ1) is 9.70. The smallest absolute Gasteiger partial charge is 0.0374 e. The highest BCUT2D eigenvalue weighted by molar-refractivity contribution is 5.51. The van der Waals surface area contributed by atoms with E-state index >= 15 is 0 Å². The fourth-order valence-corrected chi connectivity index (χ4v) is 3.15. The van der Waals surface area contributed by atoms with E-state index in [1.54, 1.807) is 0 Å². The fourth-order valence-electron chi connectivity index (χ4n) is 3.15. The molecular formula is C18H30N2. The van der Waals surface area contributed by atoms with Crippen LogP contribution in [-0.2, 0) is 6.42 Å². The first kappa shape index (κ1) is 15.4. The molecule has 2 nitrogen and oxygen atoms in total. The second-order valence-electron chi connectivity index (χ2n) is 6.31. The zero-order valence-corrected chi connectivity index (χ0v) is 13.4. The van der Waals surface area contributed by atoms with Gasteiger partial charge in [-0.25, -0.2) is 0 Å². The monoisotopic (exact) mass is 274 g/mol. The van der Waals surface area contributed by atoms with E-state index in [0.29, 0.717) is 12.1 Å². The maximum Gasteiger partial charge on any atom is 0.0374 e. The number of hydrogen-bond donors (Lipinski definition) is 1. The average molecular weight is 274 g/mol. The minimum absolute atomic E-state index is 0.636. The van der Waals surface area contributed by atoms with E-state index in [1.165, 1.54) is 56.4 Å². The van der Waals surface area contributed by atoms with Gasteiger partial charge in [-0.05, 0) is 57.7 Å². The number of hydrogen-bond acceptors (Lipinski definition) is 2. The molecule has 1 N–H and O–H groups in total. The third-order valence-electron chi connectivity index (χ3n) is 4.39.